The SMILES string of the molecule is O=C(Nc1cc2c(s1)CN([C@@H](C(=O)NO)c1ccccc1)S2(=O)=O)c1cccc(C(=O)c2ccccc2)c1. The van der Waals surface area contributed by atoms with Gasteiger partial charge in [-0.15, -0.1) is 11.3 Å². The lowest BCUT2D eigenvalue weighted by Gasteiger charge is -2.25. The minimum absolute atomic E-state index is 0.0162. The molecule has 0 aliphatic carbocycles. The second-order valence-electron chi connectivity index (χ2n) is 8.47. The lowest BCUT2D eigenvalue weighted by molar-refractivity contribution is -0.133. The van der Waals surface area contributed by atoms with Crippen LogP contribution in [0.15, 0.2) is 95.9 Å². The molecule has 11 heteroatoms. The monoisotopic (exact) mass is 547 g/mol. The van der Waals surface area contributed by atoms with Crippen molar-refractivity contribution in [2.45, 2.75) is 17.5 Å². The third-order valence-electron chi connectivity index (χ3n) is 6.08. The Morgan fingerprint density at radius 2 is 1.47 bits per heavy atom. The van der Waals surface area contributed by atoms with Crippen LogP contribution in [0.1, 0.15) is 42.8 Å². The first kappa shape index (κ1) is 25.5. The summed E-state index contributed by atoms with van der Waals surface area (Å²) in [7, 11) is -4.10. The van der Waals surface area contributed by atoms with Crippen molar-refractivity contribution < 1.29 is 28.0 Å². The van der Waals surface area contributed by atoms with Crippen molar-refractivity contribution in [3.8, 4) is 0 Å². The van der Waals surface area contributed by atoms with E-state index >= 15 is 0 Å². The van der Waals surface area contributed by atoms with Gasteiger partial charge >= 0.3 is 0 Å². The van der Waals surface area contributed by atoms with Crippen LogP contribution < -0.4 is 10.8 Å². The molecule has 0 saturated heterocycles. The van der Waals surface area contributed by atoms with Crippen LogP contribution in [0.2, 0.25) is 0 Å². The molecule has 1 aliphatic rings. The highest BCUT2D eigenvalue weighted by Crippen LogP contribution is 2.43. The molecule has 2 heterocycles. The minimum atomic E-state index is -4.10. The van der Waals surface area contributed by atoms with Gasteiger partial charge < -0.3 is 5.32 Å². The van der Waals surface area contributed by atoms with Crippen molar-refractivity contribution in [2.75, 3.05) is 5.32 Å². The Bertz CT molecular complexity index is 1640. The highest BCUT2D eigenvalue weighted by Gasteiger charge is 2.44. The fourth-order valence-corrected chi connectivity index (χ4v) is 7.48. The first-order valence-corrected chi connectivity index (χ1v) is 13.7. The van der Waals surface area contributed by atoms with E-state index < -0.39 is 27.9 Å². The van der Waals surface area contributed by atoms with E-state index in [9.17, 15) is 28.0 Å². The number of ketones is 1. The Hall–Kier alpha value is -4.16. The molecule has 5 rings (SSSR count). The van der Waals surface area contributed by atoms with Gasteiger partial charge in [-0.2, -0.15) is 4.31 Å². The number of hydrogen-bond acceptors (Lipinski definition) is 7. The van der Waals surface area contributed by atoms with Gasteiger partial charge in [-0.05, 0) is 23.8 Å². The zero-order chi connectivity index (χ0) is 26.9. The number of anilines is 1. The van der Waals surface area contributed by atoms with Crippen molar-refractivity contribution in [3.63, 3.8) is 0 Å². The normalized spacial score (nSPS) is 14.9. The highest BCUT2D eigenvalue weighted by atomic mass is 32.2. The van der Waals surface area contributed by atoms with Gasteiger partial charge in [0.05, 0.1) is 16.4 Å². The minimum Gasteiger partial charge on any atom is -0.314 e. The Balaban J connectivity index is 1.36. The average molecular weight is 548 g/mol. The number of fused-ring (bicyclic) bond motifs is 1. The zero-order valence-electron chi connectivity index (χ0n) is 19.7. The number of benzene rings is 3. The van der Waals surface area contributed by atoms with Crippen LogP contribution in [0.4, 0.5) is 5.00 Å². The standard InChI is InChI=1S/C27H21N3O6S2/c31-25(18-10-5-2-6-11-18)19-12-7-13-20(14-19)26(32)28-23-15-22-21(37-23)16-30(38(22,35)36)24(27(33)29-34)17-8-3-1-4-9-17/h1-15,24,34H,16H2,(H,28,32)(H,29,33)/t24-/m1/s1. The lowest BCUT2D eigenvalue weighted by Crippen LogP contribution is -2.39. The first-order chi connectivity index (χ1) is 18.3. The van der Waals surface area contributed by atoms with Crippen LogP contribution in [0.25, 0.3) is 0 Å². The predicted molar refractivity (Wildman–Crippen MR) is 140 cm³/mol. The number of sulfonamides is 1. The van der Waals surface area contributed by atoms with Crippen molar-refractivity contribution in [1.29, 1.82) is 0 Å². The van der Waals surface area contributed by atoms with E-state index in [4.69, 9.17) is 0 Å². The van der Waals surface area contributed by atoms with E-state index in [0.717, 1.165) is 15.6 Å². The van der Waals surface area contributed by atoms with Crippen molar-refractivity contribution in [3.05, 3.63) is 118 Å². The summed E-state index contributed by atoms with van der Waals surface area (Å²) in [6.45, 7) is -0.105. The van der Waals surface area contributed by atoms with Crippen LogP contribution in [-0.4, -0.2) is 35.5 Å². The molecule has 0 saturated carbocycles. The molecule has 0 spiro atoms. The number of hydrogen-bond donors (Lipinski definition) is 3. The maximum Gasteiger partial charge on any atom is 0.266 e. The fraction of sp³-hybridized carbons (Fsp3) is 0.0741. The van der Waals surface area contributed by atoms with Crippen molar-refractivity contribution >= 4 is 44.0 Å². The van der Waals surface area contributed by atoms with E-state index in [2.05, 4.69) is 5.32 Å². The van der Waals surface area contributed by atoms with Crippen LogP contribution in [0.3, 0.4) is 0 Å². The fourth-order valence-electron chi connectivity index (χ4n) is 4.27. The maximum atomic E-state index is 13.4. The molecule has 0 unspecified atom stereocenters. The molecule has 0 radical (unpaired) electrons. The molecule has 2 amide bonds. The van der Waals surface area contributed by atoms with Gasteiger partial charge in [-0.3, -0.25) is 19.6 Å². The highest BCUT2D eigenvalue weighted by molar-refractivity contribution is 7.89. The lowest BCUT2D eigenvalue weighted by atomic mass is 10.0. The van der Waals surface area contributed by atoms with Crippen molar-refractivity contribution in [2.24, 2.45) is 0 Å². The molecule has 0 bridgehead atoms. The first-order valence-electron chi connectivity index (χ1n) is 11.4. The third-order valence-corrected chi connectivity index (χ3v) is 9.12. The summed E-state index contributed by atoms with van der Waals surface area (Å²) in [6, 6.07) is 23.3. The predicted octanol–water partition coefficient (Wildman–Crippen LogP) is 3.98. The average Bonchev–Trinajstić information content (AvgIpc) is 3.45. The Morgan fingerprint density at radius 1 is 0.842 bits per heavy atom. The zero-order valence-corrected chi connectivity index (χ0v) is 21.3. The van der Waals surface area contributed by atoms with Gasteiger partial charge in [0, 0.05) is 21.6 Å². The molecule has 192 valence electrons. The van der Waals surface area contributed by atoms with E-state index in [1.165, 1.54) is 12.1 Å². The van der Waals surface area contributed by atoms with E-state index in [1.807, 2.05) is 6.07 Å². The Morgan fingerprint density at radius 3 is 2.13 bits per heavy atom. The number of carbonyl (C=O) groups is 3. The van der Waals surface area contributed by atoms with Gasteiger partial charge in [0.25, 0.3) is 11.8 Å². The summed E-state index contributed by atoms with van der Waals surface area (Å²) in [5, 5.41) is 12.3. The summed E-state index contributed by atoms with van der Waals surface area (Å²) in [4.78, 5) is 38.6. The molecule has 1 aromatic heterocycles. The molecule has 4 aromatic rings. The summed E-state index contributed by atoms with van der Waals surface area (Å²) in [5.41, 5.74) is 3.05. The smallest absolute Gasteiger partial charge is 0.266 e. The van der Waals surface area contributed by atoms with Crippen LogP contribution in [0, 0.1) is 0 Å². The van der Waals surface area contributed by atoms with Crippen LogP contribution in [0.5, 0.6) is 0 Å². The van der Waals surface area contributed by atoms with E-state index in [1.54, 1.807) is 78.3 Å². The second kappa shape index (κ2) is 10.3. The van der Waals surface area contributed by atoms with E-state index in [0.29, 0.717) is 26.6 Å². The Kier molecular flexibility index (Phi) is 6.91. The number of rotatable bonds is 7. The second-order valence-corrected chi connectivity index (χ2v) is 11.5. The number of hydroxylamine groups is 1. The van der Waals surface area contributed by atoms with Gasteiger partial charge in [0.2, 0.25) is 10.0 Å². The topological polar surface area (TPSA) is 133 Å². The van der Waals surface area contributed by atoms with Gasteiger partial charge in [0.15, 0.2) is 5.78 Å². The largest absolute Gasteiger partial charge is 0.314 e. The van der Waals surface area contributed by atoms with Gasteiger partial charge in [0.1, 0.15) is 6.04 Å². The molecular weight excluding hydrogens is 526 g/mol. The quantitative estimate of drug-likeness (QED) is 0.182. The summed E-state index contributed by atoms with van der Waals surface area (Å²) in [6.07, 6.45) is 0. The molecule has 3 N–H and O–H groups in total. The number of amides is 2. The van der Waals surface area contributed by atoms with Gasteiger partial charge in [-0.25, -0.2) is 13.9 Å². The summed E-state index contributed by atoms with van der Waals surface area (Å²) >= 11 is 1.08. The number of nitrogens with zero attached hydrogens (tertiary/aromatic N) is 1. The molecule has 9 nitrogen and oxygen atoms in total. The summed E-state index contributed by atoms with van der Waals surface area (Å²) < 4.78 is 27.7. The van der Waals surface area contributed by atoms with E-state index in [-0.39, 0.29) is 22.8 Å². The van der Waals surface area contributed by atoms with Crippen LogP contribution >= 0.6 is 11.3 Å². The summed E-state index contributed by atoms with van der Waals surface area (Å²) in [5.74, 6) is -1.60. The number of thiophene rings is 1. The molecule has 1 atom stereocenters. The number of carbonyl (C=O) groups excluding carboxylic acids is 3. The van der Waals surface area contributed by atoms with Crippen molar-refractivity contribution in [1.82, 2.24) is 9.79 Å². The van der Waals surface area contributed by atoms with Gasteiger partial charge in [-0.1, -0.05) is 72.8 Å². The molecule has 38 heavy (non-hydrogen) atoms. The maximum absolute atomic E-state index is 13.4. The third kappa shape index (κ3) is 4.75. The molecule has 1 aliphatic heterocycles. The molecule has 3 aromatic carbocycles. The number of nitrogens with one attached hydrogen (secondary N) is 2. The van der Waals surface area contributed by atoms with Crippen LogP contribution in [-0.2, 0) is 21.4 Å². The molecule has 0 fully saturated rings. The molecular formula is C27H21N3O6S2. The Labute approximate surface area is 222 Å².